The molecule has 0 aliphatic rings. The second-order valence-corrected chi connectivity index (χ2v) is 5.73. The number of benzene rings is 2. The monoisotopic (exact) mass is 372 g/mol. The lowest BCUT2D eigenvalue weighted by atomic mass is 10.2. The van der Waals surface area contributed by atoms with Gasteiger partial charge in [-0.2, -0.15) is 0 Å². The van der Waals surface area contributed by atoms with Crippen molar-refractivity contribution < 1.29 is 23.8 Å². The number of hydrogen-bond acceptors (Lipinski definition) is 5. The highest BCUT2D eigenvalue weighted by molar-refractivity contribution is 5.98. The fraction of sp³-hybridized carbons (Fsp3) is 0.300. The summed E-state index contributed by atoms with van der Waals surface area (Å²) in [7, 11) is 4.61. The average Bonchev–Trinajstić information content (AvgIpc) is 2.69. The van der Waals surface area contributed by atoms with Gasteiger partial charge in [-0.05, 0) is 18.2 Å². The molecule has 0 aromatic heterocycles. The van der Waals surface area contributed by atoms with Crippen molar-refractivity contribution in [3.63, 3.8) is 0 Å². The molecular formula is C20H24N2O5. The lowest BCUT2D eigenvalue weighted by Crippen LogP contribution is -2.39. The predicted molar refractivity (Wildman–Crippen MR) is 102 cm³/mol. The summed E-state index contributed by atoms with van der Waals surface area (Å²) in [6, 6.07) is 12.5. The van der Waals surface area contributed by atoms with Crippen molar-refractivity contribution in [1.29, 1.82) is 0 Å². The van der Waals surface area contributed by atoms with Crippen LogP contribution in [0.1, 0.15) is 12.5 Å². The Morgan fingerprint density at radius 1 is 0.963 bits per heavy atom. The van der Waals surface area contributed by atoms with E-state index in [9.17, 15) is 9.59 Å². The zero-order valence-corrected chi connectivity index (χ0v) is 15.9. The van der Waals surface area contributed by atoms with Crippen molar-refractivity contribution in [2.24, 2.45) is 0 Å². The quantitative estimate of drug-likeness (QED) is 0.770. The first-order chi connectivity index (χ1) is 13.0. The molecule has 2 aromatic rings. The standard InChI is InChI=1S/C20H24N2O5/c1-14(23)22(17-11-16(25-2)9-10-19(17)27-4)13-20(24)21-12-15-7-5-6-8-18(15)26-3/h5-11H,12-13H2,1-4H3,(H,21,24). The van der Waals surface area contributed by atoms with Crippen LogP contribution in [0.25, 0.3) is 0 Å². The van der Waals surface area contributed by atoms with Crippen molar-refractivity contribution in [2.75, 3.05) is 32.8 Å². The highest BCUT2D eigenvalue weighted by Gasteiger charge is 2.20. The van der Waals surface area contributed by atoms with Crippen LogP contribution in [0.4, 0.5) is 5.69 Å². The third-order valence-electron chi connectivity index (χ3n) is 4.03. The van der Waals surface area contributed by atoms with Gasteiger partial charge in [0, 0.05) is 25.1 Å². The third-order valence-corrected chi connectivity index (χ3v) is 4.03. The van der Waals surface area contributed by atoms with Gasteiger partial charge in [-0.3, -0.25) is 14.5 Å². The first-order valence-corrected chi connectivity index (χ1v) is 8.38. The van der Waals surface area contributed by atoms with Crippen LogP contribution in [-0.2, 0) is 16.1 Å². The molecule has 2 aromatic carbocycles. The second kappa shape index (κ2) is 9.47. The zero-order valence-electron chi connectivity index (χ0n) is 15.9. The van der Waals surface area contributed by atoms with Gasteiger partial charge in [0.2, 0.25) is 11.8 Å². The smallest absolute Gasteiger partial charge is 0.240 e. The summed E-state index contributed by atoms with van der Waals surface area (Å²) in [6.07, 6.45) is 0. The largest absolute Gasteiger partial charge is 0.497 e. The number of anilines is 1. The molecule has 0 saturated carbocycles. The van der Waals surface area contributed by atoms with Crippen LogP contribution in [0.5, 0.6) is 17.2 Å². The number of amides is 2. The van der Waals surface area contributed by atoms with Crippen molar-refractivity contribution in [1.82, 2.24) is 5.32 Å². The molecule has 144 valence electrons. The molecule has 0 atom stereocenters. The number of methoxy groups -OCH3 is 3. The van der Waals surface area contributed by atoms with Gasteiger partial charge in [-0.1, -0.05) is 18.2 Å². The zero-order chi connectivity index (χ0) is 19.8. The van der Waals surface area contributed by atoms with E-state index in [-0.39, 0.29) is 18.4 Å². The van der Waals surface area contributed by atoms with Crippen molar-refractivity contribution in [3.8, 4) is 17.2 Å². The van der Waals surface area contributed by atoms with Gasteiger partial charge in [-0.25, -0.2) is 0 Å². The molecule has 0 bridgehead atoms. The topological polar surface area (TPSA) is 77.1 Å². The van der Waals surface area contributed by atoms with Crippen LogP contribution < -0.4 is 24.4 Å². The fourth-order valence-electron chi connectivity index (χ4n) is 2.62. The number of para-hydroxylation sites is 1. The minimum absolute atomic E-state index is 0.145. The number of rotatable bonds is 8. The van der Waals surface area contributed by atoms with Gasteiger partial charge in [0.05, 0.1) is 27.0 Å². The summed E-state index contributed by atoms with van der Waals surface area (Å²) in [5.41, 5.74) is 1.32. The number of carbonyl (C=O) groups excluding carboxylic acids is 2. The van der Waals surface area contributed by atoms with Gasteiger partial charge < -0.3 is 19.5 Å². The molecule has 1 N–H and O–H groups in total. The Morgan fingerprint density at radius 2 is 1.67 bits per heavy atom. The molecule has 0 aliphatic carbocycles. The average molecular weight is 372 g/mol. The van der Waals surface area contributed by atoms with E-state index in [4.69, 9.17) is 14.2 Å². The number of nitrogens with one attached hydrogen (secondary N) is 1. The number of nitrogens with zero attached hydrogens (tertiary/aromatic N) is 1. The number of hydrogen-bond donors (Lipinski definition) is 1. The Kier molecular flexibility index (Phi) is 7.05. The Hall–Kier alpha value is -3.22. The molecule has 27 heavy (non-hydrogen) atoms. The molecule has 7 heteroatoms. The summed E-state index contributed by atoms with van der Waals surface area (Å²) in [6.45, 7) is 1.55. The Labute approximate surface area is 158 Å². The normalized spacial score (nSPS) is 10.1. The molecule has 0 heterocycles. The van der Waals surface area contributed by atoms with E-state index in [1.165, 1.54) is 26.0 Å². The van der Waals surface area contributed by atoms with E-state index in [0.29, 0.717) is 29.5 Å². The Morgan fingerprint density at radius 3 is 2.30 bits per heavy atom. The van der Waals surface area contributed by atoms with Gasteiger partial charge >= 0.3 is 0 Å². The predicted octanol–water partition coefficient (Wildman–Crippen LogP) is 2.38. The van der Waals surface area contributed by atoms with Crippen LogP contribution >= 0.6 is 0 Å². The number of ether oxygens (including phenoxy) is 3. The van der Waals surface area contributed by atoms with Crippen LogP contribution in [0.15, 0.2) is 42.5 Å². The summed E-state index contributed by atoms with van der Waals surface area (Å²) in [4.78, 5) is 25.9. The SMILES string of the molecule is COc1ccc(OC)c(N(CC(=O)NCc2ccccc2OC)C(C)=O)c1. The van der Waals surface area contributed by atoms with E-state index >= 15 is 0 Å². The van der Waals surface area contributed by atoms with E-state index in [1.54, 1.807) is 25.3 Å². The van der Waals surface area contributed by atoms with Gasteiger partial charge in [-0.15, -0.1) is 0 Å². The summed E-state index contributed by atoms with van der Waals surface area (Å²) >= 11 is 0. The van der Waals surface area contributed by atoms with Crippen molar-refractivity contribution in [2.45, 2.75) is 13.5 Å². The molecule has 0 radical (unpaired) electrons. The van der Waals surface area contributed by atoms with E-state index in [2.05, 4.69) is 5.32 Å². The van der Waals surface area contributed by atoms with Crippen molar-refractivity contribution in [3.05, 3.63) is 48.0 Å². The van der Waals surface area contributed by atoms with Crippen LogP contribution in [0, 0.1) is 0 Å². The molecule has 0 aliphatic heterocycles. The second-order valence-electron chi connectivity index (χ2n) is 5.73. The van der Waals surface area contributed by atoms with E-state index in [0.717, 1.165) is 5.56 Å². The Bertz CT molecular complexity index is 807. The molecule has 0 spiro atoms. The lowest BCUT2D eigenvalue weighted by molar-refractivity contribution is -0.123. The molecule has 0 unspecified atom stereocenters. The van der Waals surface area contributed by atoms with Crippen LogP contribution in [0.3, 0.4) is 0 Å². The van der Waals surface area contributed by atoms with E-state index < -0.39 is 0 Å². The fourth-order valence-corrected chi connectivity index (χ4v) is 2.62. The first-order valence-electron chi connectivity index (χ1n) is 8.38. The van der Waals surface area contributed by atoms with Crippen LogP contribution in [0.2, 0.25) is 0 Å². The highest BCUT2D eigenvalue weighted by Crippen LogP contribution is 2.32. The first kappa shape index (κ1) is 20.1. The summed E-state index contributed by atoms with van der Waals surface area (Å²) in [5, 5.41) is 2.81. The number of carbonyl (C=O) groups is 2. The third kappa shape index (κ3) is 5.13. The maximum atomic E-state index is 12.4. The van der Waals surface area contributed by atoms with Crippen LogP contribution in [-0.4, -0.2) is 39.7 Å². The molecule has 2 rings (SSSR count). The van der Waals surface area contributed by atoms with Gasteiger partial charge in [0.15, 0.2) is 0 Å². The summed E-state index contributed by atoms with van der Waals surface area (Å²) in [5.74, 6) is 1.14. The lowest BCUT2D eigenvalue weighted by Gasteiger charge is -2.23. The molecular weight excluding hydrogens is 348 g/mol. The maximum Gasteiger partial charge on any atom is 0.240 e. The van der Waals surface area contributed by atoms with Gasteiger partial charge in [0.25, 0.3) is 0 Å². The van der Waals surface area contributed by atoms with Gasteiger partial charge in [0.1, 0.15) is 23.8 Å². The molecule has 0 fully saturated rings. The molecule has 7 nitrogen and oxygen atoms in total. The highest BCUT2D eigenvalue weighted by atomic mass is 16.5. The van der Waals surface area contributed by atoms with E-state index in [1.807, 2.05) is 24.3 Å². The Balaban J connectivity index is 2.14. The minimum atomic E-state index is -0.305. The maximum absolute atomic E-state index is 12.4. The van der Waals surface area contributed by atoms with Crippen molar-refractivity contribution >= 4 is 17.5 Å². The molecule has 0 saturated heterocycles. The molecule has 2 amide bonds. The minimum Gasteiger partial charge on any atom is -0.497 e. The summed E-state index contributed by atoms with van der Waals surface area (Å²) < 4.78 is 15.8.